The molecule has 0 N–H and O–H groups in total. The summed E-state index contributed by atoms with van der Waals surface area (Å²) in [6.45, 7) is 2.12. The van der Waals surface area contributed by atoms with E-state index in [-0.39, 0.29) is 5.91 Å². The lowest BCUT2D eigenvalue weighted by molar-refractivity contribution is -0.132. The molecule has 3 rings (SSSR count). The van der Waals surface area contributed by atoms with Crippen LogP contribution >= 0.6 is 11.3 Å². The van der Waals surface area contributed by atoms with Crippen LogP contribution in [0.4, 0.5) is 0 Å². The van der Waals surface area contributed by atoms with Gasteiger partial charge in [0.25, 0.3) is 0 Å². The van der Waals surface area contributed by atoms with E-state index in [1.54, 1.807) is 35.8 Å². The molecule has 0 spiro atoms. The number of likely N-dealkylation sites (N-methyl/N-ethyl adjacent to an activating group) is 1. The SMILES string of the molecule is CN(Cc1ccco1)C(=O)CN(Cc1ccco1)Cc1cccs1. The molecular weight excluding hydrogens is 324 g/mol. The van der Waals surface area contributed by atoms with Crippen LogP contribution in [-0.2, 0) is 24.4 Å². The molecule has 0 aliphatic heterocycles. The van der Waals surface area contributed by atoms with E-state index in [2.05, 4.69) is 11.0 Å². The Bertz CT molecular complexity index is 684. The molecule has 0 fully saturated rings. The summed E-state index contributed by atoms with van der Waals surface area (Å²) < 4.78 is 10.7. The maximum atomic E-state index is 12.6. The molecule has 3 aromatic heterocycles. The highest BCUT2D eigenvalue weighted by Gasteiger charge is 2.17. The predicted octanol–water partition coefficient (Wildman–Crippen LogP) is 3.59. The standard InChI is InChI=1S/C18H20N2O3S/c1-19(11-15-5-2-8-22-15)18(21)14-20(12-16-6-3-9-23-16)13-17-7-4-10-24-17/h2-10H,11-14H2,1H3. The Morgan fingerprint density at radius 2 is 1.71 bits per heavy atom. The van der Waals surface area contributed by atoms with Crippen molar-refractivity contribution in [1.82, 2.24) is 9.80 Å². The topological polar surface area (TPSA) is 49.8 Å². The summed E-state index contributed by atoms with van der Waals surface area (Å²) in [6, 6.07) is 11.6. The van der Waals surface area contributed by atoms with E-state index in [4.69, 9.17) is 8.83 Å². The lowest BCUT2D eigenvalue weighted by atomic mass is 10.3. The summed E-state index contributed by atoms with van der Waals surface area (Å²) >= 11 is 1.69. The van der Waals surface area contributed by atoms with Crippen LogP contribution in [0.1, 0.15) is 16.4 Å². The summed E-state index contributed by atoms with van der Waals surface area (Å²) in [6.07, 6.45) is 3.27. The van der Waals surface area contributed by atoms with Gasteiger partial charge in [-0.15, -0.1) is 11.3 Å². The molecule has 24 heavy (non-hydrogen) atoms. The Labute approximate surface area is 145 Å². The molecule has 0 aromatic carbocycles. The normalized spacial score (nSPS) is 11.1. The predicted molar refractivity (Wildman–Crippen MR) is 92.3 cm³/mol. The van der Waals surface area contributed by atoms with Crippen LogP contribution in [0.2, 0.25) is 0 Å². The van der Waals surface area contributed by atoms with Gasteiger partial charge in [0.1, 0.15) is 11.5 Å². The largest absolute Gasteiger partial charge is 0.468 e. The lowest BCUT2D eigenvalue weighted by Crippen LogP contribution is -2.37. The lowest BCUT2D eigenvalue weighted by Gasteiger charge is -2.23. The molecule has 0 saturated carbocycles. The van der Waals surface area contributed by atoms with Crippen LogP contribution in [0, 0.1) is 0 Å². The van der Waals surface area contributed by atoms with Crippen LogP contribution in [0.3, 0.4) is 0 Å². The number of carbonyl (C=O) groups excluding carboxylic acids is 1. The van der Waals surface area contributed by atoms with Crippen molar-refractivity contribution in [3.8, 4) is 0 Å². The van der Waals surface area contributed by atoms with Crippen molar-refractivity contribution in [2.24, 2.45) is 0 Å². The molecule has 6 heteroatoms. The Balaban J connectivity index is 1.62. The fourth-order valence-electron chi connectivity index (χ4n) is 2.45. The van der Waals surface area contributed by atoms with Gasteiger partial charge >= 0.3 is 0 Å². The van der Waals surface area contributed by atoms with E-state index in [1.165, 1.54) is 4.88 Å². The van der Waals surface area contributed by atoms with Gasteiger partial charge in [-0.05, 0) is 35.7 Å². The number of amides is 1. The van der Waals surface area contributed by atoms with Crippen LogP contribution in [0.5, 0.6) is 0 Å². The number of hydrogen-bond acceptors (Lipinski definition) is 5. The van der Waals surface area contributed by atoms with Crippen molar-refractivity contribution >= 4 is 17.2 Å². The Morgan fingerprint density at radius 3 is 2.29 bits per heavy atom. The van der Waals surface area contributed by atoms with E-state index < -0.39 is 0 Å². The Morgan fingerprint density at radius 1 is 1.00 bits per heavy atom. The van der Waals surface area contributed by atoms with Crippen molar-refractivity contribution in [1.29, 1.82) is 0 Å². The average Bonchev–Trinajstić information content (AvgIpc) is 3.30. The molecule has 0 aliphatic carbocycles. The molecule has 0 unspecified atom stereocenters. The fourth-order valence-corrected chi connectivity index (χ4v) is 3.20. The van der Waals surface area contributed by atoms with Crippen LogP contribution in [0.15, 0.2) is 63.1 Å². The van der Waals surface area contributed by atoms with Gasteiger partial charge in [0.05, 0.1) is 32.2 Å². The van der Waals surface area contributed by atoms with Gasteiger partial charge in [-0.3, -0.25) is 9.69 Å². The molecule has 0 saturated heterocycles. The number of hydrogen-bond donors (Lipinski definition) is 0. The number of rotatable bonds is 8. The minimum atomic E-state index is 0.0505. The third-order valence-corrected chi connectivity index (χ3v) is 4.54. The van der Waals surface area contributed by atoms with Gasteiger partial charge in [-0.2, -0.15) is 0 Å². The minimum absolute atomic E-state index is 0.0505. The first-order valence-electron chi connectivity index (χ1n) is 7.74. The zero-order valence-corrected chi connectivity index (χ0v) is 14.4. The fraction of sp³-hybridized carbons (Fsp3) is 0.278. The zero-order chi connectivity index (χ0) is 16.8. The number of thiophene rings is 1. The quantitative estimate of drug-likeness (QED) is 0.626. The van der Waals surface area contributed by atoms with E-state index in [9.17, 15) is 4.79 Å². The second-order valence-electron chi connectivity index (χ2n) is 5.63. The average molecular weight is 344 g/mol. The second-order valence-corrected chi connectivity index (χ2v) is 6.67. The minimum Gasteiger partial charge on any atom is -0.468 e. The summed E-state index contributed by atoms with van der Waals surface area (Å²) in [5.41, 5.74) is 0. The van der Waals surface area contributed by atoms with Gasteiger partial charge in [-0.1, -0.05) is 6.07 Å². The van der Waals surface area contributed by atoms with Crippen molar-refractivity contribution in [3.05, 3.63) is 70.7 Å². The van der Waals surface area contributed by atoms with E-state index in [1.807, 2.05) is 35.7 Å². The second kappa shape index (κ2) is 7.99. The zero-order valence-electron chi connectivity index (χ0n) is 13.6. The number of nitrogens with zero attached hydrogens (tertiary/aromatic N) is 2. The Hall–Kier alpha value is -2.31. The van der Waals surface area contributed by atoms with E-state index >= 15 is 0 Å². The monoisotopic (exact) mass is 344 g/mol. The molecule has 1 amide bonds. The van der Waals surface area contributed by atoms with Crippen molar-refractivity contribution in [2.75, 3.05) is 13.6 Å². The van der Waals surface area contributed by atoms with Gasteiger partial charge in [0.15, 0.2) is 0 Å². The molecule has 126 valence electrons. The summed E-state index contributed by atoms with van der Waals surface area (Å²) in [5, 5.41) is 2.05. The van der Waals surface area contributed by atoms with Gasteiger partial charge in [-0.25, -0.2) is 0 Å². The van der Waals surface area contributed by atoms with E-state index in [0.29, 0.717) is 19.6 Å². The first-order valence-corrected chi connectivity index (χ1v) is 8.62. The highest BCUT2D eigenvalue weighted by atomic mass is 32.1. The summed E-state index contributed by atoms with van der Waals surface area (Å²) in [5.74, 6) is 1.68. The summed E-state index contributed by atoms with van der Waals surface area (Å²) in [7, 11) is 1.79. The molecule has 0 radical (unpaired) electrons. The molecular formula is C18H20N2O3S. The summed E-state index contributed by atoms with van der Waals surface area (Å²) in [4.78, 5) is 17.5. The number of furan rings is 2. The molecule has 0 bridgehead atoms. The van der Waals surface area contributed by atoms with Crippen molar-refractivity contribution < 1.29 is 13.6 Å². The van der Waals surface area contributed by atoms with E-state index in [0.717, 1.165) is 18.1 Å². The van der Waals surface area contributed by atoms with Gasteiger partial charge in [0, 0.05) is 18.5 Å². The molecule has 5 nitrogen and oxygen atoms in total. The third-order valence-electron chi connectivity index (χ3n) is 3.68. The van der Waals surface area contributed by atoms with Crippen LogP contribution in [0.25, 0.3) is 0 Å². The highest BCUT2D eigenvalue weighted by Crippen LogP contribution is 2.15. The van der Waals surface area contributed by atoms with Crippen LogP contribution in [-0.4, -0.2) is 29.3 Å². The maximum absolute atomic E-state index is 12.6. The molecule has 3 heterocycles. The third kappa shape index (κ3) is 4.59. The van der Waals surface area contributed by atoms with Crippen LogP contribution < -0.4 is 0 Å². The van der Waals surface area contributed by atoms with Gasteiger partial charge < -0.3 is 13.7 Å². The smallest absolute Gasteiger partial charge is 0.236 e. The molecule has 0 aliphatic rings. The van der Waals surface area contributed by atoms with Crippen molar-refractivity contribution in [2.45, 2.75) is 19.6 Å². The maximum Gasteiger partial charge on any atom is 0.236 e. The number of carbonyl (C=O) groups is 1. The van der Waals surface area contributed by atoms with Gasteiger partial charge in [0.2, 0.25) is 5.91 Å². The Kier molecular flexibility index (Phi) is 5.51. The molecule has 3 aromatic rings. The first-order chi connectivity index (χ1) is 11.7. The molecule has 0 atom stereocenters. The highest BCUT2D eigenvalue weighted by molar-refractivity contribution is 7.09. The van der Waals surface area contributed by atoms with Crippen molar-refractivity contribution in [3.63, 3.8) is 0 Å². The first kappa shape index (κ1) is 16.5.